The fraction of sp³-hybridized carbons (Fsp3) is 0.375. The molecule has 0 aromatic carbocycles. The van der Waals surface area contributed by atoms with Gasteiger partial charge in [0, 0.05) is 12.2 Å². The summed E-state index contributed by atoms with van der Waals surface area (Å²) < 4.78 is 0.431. The first-order valence-electron chi connectivity index (χ1n) is 4.07. The fourth-order valence-corrected chi connectivity index (χ4v) is 1.43. The van der Waals surface area contributed by atoms with Crippen molar-refractivity contribution in [1.82, 2.24) is 4.98 Å². The van der Waals surface area contributed by atoms with Crippen molar-refractivity contribution < 1.29 is 4.92 Å². The van der Waals surface area contributed by atoms with Crippen molar-refractivity contribution in [3.05, 3.63) is 26.9 Å². The molecular formula is C8H10BrN3O2. The topological polar surface area (TPSA) is 68.1 Å². The van der Waals surface area contributed by atoms with Crippen LogP contribution < -0.4 is 5.32 Å². The van der Waals surface area contributed by atoms with Crippen LogP contribution in [-0.2, 0) is 0 Å². The van der Waals surface area contributed by atoms with Gasteiger partial charge in [0.05, 0.1) is 4.92 Å². The van der Waals surface area contributed by atoms with Crippen LogP contribution in [0.4, 0.5) is 11.5 Å². The summed E-state index contributed by atoms with van der Waals surface area (Å²) in [5.74, 6) is 0.291. The number of nitrogens with one attached hydrogen (secondary N) is 1. The number of halogens is 1. The van der Waals surface area contributed by atoms with Gasteiger partial charge in [0.15, 0.2) is 0 Å². The van der Waals surface area contributed by atoms with E-state index in [-0.39, 0.29) is 11.7 Å². The van der Waals surface area contributed by atoms with Crippen molar-refractivity contribution in [2.24, 2.45) is 0 Å². The lowest BCUT2D eigenvalue weighted by atomic mass is 10.3. The first-order valence-corrected chi connectivity index (χ1v) is 4.87. The predicted octanol–water partition coefficient (Wildman–Crippen LogP) is 2.57. The Bertz CT molecular complexity index is 354. The van der Waals surface area contributed by atoms with Crippen molar-refractivity contribution in [2.75, 3.05) is 5.32 Å². The van der Waals surface area contributed by atoms with Gasteiger partial charge in [0.25, 0.3) is 0 Å². The molecule has 1 N–H and O–H groups in total. The smallest absolute Gasteiger partial charge is 0.325 e. The van der Waals surface area contributed by atoms with Crippen LogP contribution in [0.5, 0.6) is 0 Å². The Morgan fingerprint density at radius 1 is 1.64 bits per heavy atom. The van der Waals surface area contributed by atoms with E-state index in [2.05, 4.69) is 26.2 Å². The summed E-state index contributed by atoms with van der Waals surface area (Å²) in [6.07, 6.45) is 1.52. The summed E-state index contributed by atoms with van der Waals surface area (Å²) in [7, 11) is 0. The Morgan fingerprint density at radius 3 is 2.79 bits per heavy atom. The molecule has 1 rings (SSSR count). The minimum atomic E-state index is -0.457. The van der Waals surface area contributed by atoms with Crippen LogP contribution in [-0.4, -0.2) is 15.9 Å². The zero-order valence-electron chi connectivity index (χ0n) is 7.82. The lowest BCUT2D eigenvalue weighted by Gasteiger charge is -2.09. The molecule has 1 aromatic rings. The zero-order valence-corrected chi connectivity index (χ0v) is 9.41. The van der Waals surface area contributed by atoms with Gasteiger partial charge in [0.1, 0.15) is 4.47 Å². The third-order valence-corrected chi connectivity index (χ3v) is 2.12. The van der Waals surface area contributed by atoms with Crippen LogP contribution in [0, 0.1) is 10.1 Å². The van der Waals surface area contributed by atoms with Gasteiger partial charge in [-0.2, -0.15) is 0 Å². The summed E-state index contributed by atoms with van der Waals surface area (Å²) in [6, 6.07) is 1.65. The van der Waals surface area contributed by atoms with Gasteiger partial charge in [-0.1, -0.05) is 0 Å². The summed E-state index contributed by atoms with van der Waals surface area (Å²) >= 11 is 3.12. The zero-order chi connectivity index (χ0) is 10.7. The Morgan fingerprint density at radius 2 is 2.29 bits per heavy atom. The SMILES string of the molecule is CC(C)Nc1nccc(Br)c1[N+](=O)[O-]. The largest absolute Gasteiger partial charge is 0.362 e. The molecular weight excluding hydrogens is 250 g/mol. The highest BCUT2D eigenvalue weighted by Crippen LogP contribution is 2.30. The van der Waals surface area contributed by atoms with Crippen LogP contribution in [0.2, 0.25) is 0 Å². The fourth-order valence-electron chi connectivity index (χ4n) is 0.983. The maximum absolute atomic E-state index is 10.7. The Hall–Kier alpha value is -1.17. The molecule has 0 atom stereocenters. The molecule has 0 saturated heterocycles. The van der Waals surface area contributed by atoms with Crippen LogP contribution in [0.15, 0.2) is 16.7 Å². The van der Waals surface area contributed by atoms with Gasteiger partial charge >= 0.3 is 5.69 Å². The average Bonchev–Trinajstić information content (AvgIpc) is 2.01. The number of nitro groups is 1. The molecule has 5 nitrogen and oxygen atoms in total. The number of hydrogen-bond donors (Lipinski definition) is 1. The molecule has 1 aromatic heterocycles. The number of rotatable bonds is 3. The van der Waals surface area contributed by atoms with Crippen LogP contribution in [0.1, 0.15) is 13.8 Å². The third kappa shape index (κ3) is 2.41. The third-order valence-electron chi connectivity index (χ3n) is 1.48. The average molecular weight is 260 g/mol. The van der Waals surface area contributed by atoms with E-state index in [4.69, 9.17) is 0 Å². The molecule has 0 fully saturated rings. The second kappa shape index (κ2) is 4.36. The maximum Gasteiger partial charge on any atom is 0.325 e. The lowest BCUT2D eigenvalue weighted by molar-refractivity contribution is -0.385. The first kappa shape index (κ1) is 10.9. The monoisotopic (exact) mass is 259 g/mol. The van der Waals surface area contributed by atoms with Gasteiger partial charge in [-0.25, -0.2) is 4.98 Å². The van der Waals surface area contributed by atoms with Gasteiger partial charge < -0.3 is 5.32 Å². The second-order valence-electron chi connectivity index (χ2n) is 3.05. The van der Waals surface area contributed by atoms with E-state index < -0.39 is 4.92 Å². The van der Waals surface area contributed by atoms with Gasteiger partial charge in [0.2, 0.25) is 5.82 Å². The quantitative estimate of drug-likeness (QED) is 0.669. The number of anilines is 1. The number of pyridine rings is 1. The van der Waals surface area contributed by atoms with E-state index in [1.165, 1.54) is 6.20 Å². The van der Waals surface area contributed by atoms with E-state index in [9.17, 15) is 10.1 Å². The van der Waals surface area contributed by atoms with Crippen molar-refractivity contribution in [3.8, 4) is 0 Å². The Kier molecular flexibility index (Phi) is 3.40. The van der Waals surface area contributed by atoms with Crippen LogP contribution >= 0.6 is 15.9 Å². The van der Waals surface area contributed by atoms with E-state index in [1.54, 1.807) is 6.07 Å². The van der Waals surface area contributed by atoms with Crippen molar-refractivity contribution in [3.63, 3.8) is 0 Å². The number of nitrogens with zero attached hydrogens (tertiary/aromatic N) is 2. The maximum atomic E-state index is 10.7. The molecule has 0 unspecified atom stereocenters. The van der Waals surface area contributed by atoms with Crippen LogP contribution in [0.25, 0.3) is 0 Å². The van der Waals surface area contributed by atoms with Crippen molar-refractivity contribution in [2.45, 2.75) is 19.9 Å². The van der Waals surface area contributed by atoms with Gasteiger partial charge in [-0.05, 0) is 35.8 Å². The Balaban J connectivity index is 3.14. The van der Waals surface area contributed by atoms with Crippen molar-refractivity contribution in [1.29, 1.82) is 0 Å². The molecule has 76 valence electrons. The molecule has 14 heavy (non-hydrogen) atoms. The first-order chi connectivity index (χ1) is 6.52. The standard InChI is InChI=1S/C8H10BrN3O2/c1-5(2)11-8-7(12(13)14)6(9)3-4-10-8/h3-5H,1-2H3,(H,10,11). The highest BCUT2D eigenvalue weighted by Gasteiger charge is 2.19. The number of aromatic nitrogens is 1. The second-order valence-corrected chi connectivity index (χ2v) is 3.90. The molecule has 0 aliphatic heterocycles. The van der Waals surface area contributed by atoms with E-state index in [1.807, 2.05) is 13.8 Å². The molecule has 0 spiro atoms. The summed E-state index contributed by atoms with van der Waals surface area (Å²) in [5.41, 5.74) is -0.0267. The van der Waals surface area contributed by atoms with Gasteiger partial charge in [-0.3, -0.25) is 10.1 Å². The number of hydrogen-bond acceptors (Lipinski definition) is 4. The molecule has 0 aliphatic carbocycles. The lowest BCUT2D eigenvalue weighted by Crippen LogP contribution is -2.12. The van der Waals surface area contributed by atoms with Crippen molar-refractivity contribution >= 4 is 27.4 Å². The molecule has 0 saturated carbocycles. The highest BCUT2D eigenvalue weighted by molar-refractivity contribution is 9.10. The molecule has 0 radical (unpaired) electrons. The van der Waals surface area contributed by atoms with Crippen LogP contribution in [0.3, 0.4) is 0 Å². The minimum absolute atomic E-state index is 0.0267. The summed E-state index contributed by atoms with van der Waals surface area (Å²) in [6.45, 7) is 3.79. The molecule has 0 aliphatic rings. The minimum Gasteiger partial charge on any atom is -0.362 e. The normalized spacial score (nSPS) is 10.3. The van der Waals surface area contributed by atoms with E-state index in [0.29, 0.717) is 10.3 Å². The highest BCUT2D eigenvalue weighted by atomic mass is 79.9. The predicted molar refractivity (Wildman–Crippen MR) is 57.4 cm³/mol. The molecule has 0 bridgehead atoms. The summed E-state index contributed by atoms with van der Waals surface area (Å²) in [4.78, 5) is 14.2. The van der Waals surface area contributed by atoms with E-state index in [0.717, 1.165) is 0 Å². The Labute approximate surface area is 89.8 Å². The molecule has 0 amide bonds. The molecule has 6 heteroatoms. The van der Waals surface area contributed by atoms with E-state index >= 15 is 0 Å². The molecule has 1 heterocycles. The van der Waals surface area contributed by atoms with Gasteiger partial charge in [-0.15, -0.1) is 0 Å². The summed E-state index contributed by atoms with van der Waals surface area (Å²) in [5, 5.41) is 13.6.